The van der Waals surface area contributed by atoms with Crippen LogP contribution in [0.4, 0.5) is 11.4 Å². The van der Waals surface area contributed by atoms with Gasteiger partial charge in [0.1, 0.15) is 0 Å². The molecule has 5 heteroatoms. The van der Waals surface area contributed by atoms with Crippen molar-refractivity contribution in [2.45, 2.75) is 13.8 Å². The van der Waals surface area contributed by atoms with Crippen molar-refractivity contribution in [2.24, 2.45) is 0 Å². The number of benzene rings is 2. The molecule has 0 amide bonds. The molecule has 0 unspecified atom stereocenters. The van der Waals surface area contributed by atoms with E-state index in [1.54, 1.807) is 12.1 Å². The van der Waals surface area contributed by atoms with Crippen molar-refractivity contribution in [3.63, 3.8) is 0 Å². The molecule has 2 N–H and O–H groups in total. The van der Waals surface area contributed by atoms with E-state index in [1.807, 2.05) is 18.2 Å². The molecule has 2 nitrogen and oxygen atoms in total. The van der Waals surface area contributed by atoms with Gasteiger partial charge in [0.2, 0.25) is 0 Å². The van der Waals surface area contributed by atoms with E-state index in [0.717, 1.165) is 11.4 Å². The Morgan fingerprint density at radius 3 is 2.45 bits per heavy atom. The molecule has 0 aliphatic carbocycles. The molecule has 0 bridgehead atoms. The molecular formula is C15H14Cl2N2S. The predicted octanol–water partition coefficient (Wildman–Crippen LogP) is 5.42. The molecule has 0 fully saturated rings. The quantitative estimate of drug-likeness (QED) is 0.721. The third-order valence-corrected chi connectivity index (χ3v) is 3.97. The highest BCUT2D eigenvalue weighted by Gasteiger charge is 2.04. The van der Waals surface area contributed by atoms with E-state index in [9.17, 15) is 0 Å². The van der Waals surface area contributed by atoms with Crippen LogP contribution in [0, 0.1) is 13.8 Å². The number of hydrogen-bond acceptors (Lipinski definition) is 1. The van der Waals surface area contributed by atoms with E-state index in [2.05, 4.69) is 30.5 Å². The van der Waals surface area contributed by atoms with E-state index in [0.29, 0.717) is 15.2 Å². The molecule has 0 radical (unpaired) electrons. The van der Waals surface area contributed by atoms with Gasteiger partial charge in [-0.05, 0) is 61.5 Å². The molecule has 20 heavy (non-hydrogen) atoms. The van der Waals surface area contributed by atoms with Gasteiger partial charge >= 0.3 is 0 Å². The second-order valence-corrected chi connectivity index (χ2v) is 5.68. The Balaban J connectivity index is 2.09. The first-order valence-corrected chi connectivity index (χ1v) is 7.23. The second-order valence-electron chi connectivity index (χ2n) is 4.46. The van der Waals surface area contributed by atoms with Crippen LogP contribution in [-0.4, -0.2) is 5.11 Å². The fourth-order valence-corrected chi connectivity index (χ4v) is 2.27. The number of rotatable bonds is 2. The Morgan fingerprint density at radius 2 is 1.75 bits per heavy atom. The van der Waals surface area contributed by atoms with Crippen molar-refractivity contribution in [2.75, 3.05) is 10.6 Å². The number of hydrogen-bond donors (Lipinski definition) is 2. The predicted molar refractivity (Wildman–Crippen MR) is 92.2 cm³/mol. The Bertz CT molecular complexity index is 656. The van der Waals surface area contributed by atoms with Crippen molar-refractivity contribution in [1.82, 2.24) is 0 Å². The van der Waals surface area contributed by atoms with Gasteiger partial charge in [0, 0.05) is 11.4 Å². The van der Waals surface area contributed by atoms with E-state index in [4.69, 9.17) is 35.4 Å². The first-order valence-electron chi connectivity index (χ1n) is 6.06. The smallest absolute Gasteiger partial charge is 0.175 e. The normalized spacial score (nSPS) is 10.2. The minimum absolute atomic E-state index is 0.492. The number of thiocarbonyl (C=S) groups is 1. The van der Waals surface area contributed by atoms with Gasteiger partial charge in [-0.25, -0.2) is 0 Å². The molecule has 0 aliphatic rings. The second kappa shape index (κ2) is 6.44. The zero-order valence-corrected chi connectivity index (χ0v) is 13.5. The Morgan fingerprint density at radius 1 is 1.00 bits per heavy atom. The fraction of sp³-hybridized carbons (Fsp3) is 0.133. The topological polar surface area (TPSA) is 24.1 Å². The summed E-state index contributed by atoms with van der Waals surface area (Å²) < 4.78 is 0. The summed E-state index contributed by atoms with van der Waals surface area (Å²) in [6.07, 6.45) is 0. The summed E-state index contributed by atoms with van der Waals surface area (Å²) in [7, 11) is 0. The molecule has 2 aromatic rings. The largest absolute Gasteiger partial charge is 0.332 e. The van der Waals surface area contributed by atoms with Crippen LogP contribution in [0.25, 0.3) is 0 Å². The number of halogens is 2. The van der Waals surface area contributed by atoms with E-state index < -0.39 is 0 Å². The minimum atomic E-state index is 0.492. The molecule has 0 aromatic heterocycles. The lowest BCUT2D eigenvalue weighted by atomic mass is 10.1. The molecular weight excluding hydrogens is 311 g/mol. The van der Waals surface area contributed by atoms with E-state index >= 15 is 0 Å². The highest BCUT2D eigenvalue weighted by molar-refractivity contribution is 7.80. The molecule has 0 heterocycles. The number of anilines is 2. The van der Waals surface area contributed by atoms with Crippen LogP contribution in [0.1, 0.15) is 11.1 Å². The van der Waals surface area contributed by atoms with Gasteiger partial charge in [-0.15, -0.1) is 0 Å². The van der Waals surface area contributed by atoms with E-state index in [1.165, 1.54) is 11.1 Å². The lowest BCUT2D eigenvalue weighted by molar-refractivity contribution is 1.34. The van der Waals surface area contributed by atoms with Crippen LogP contribution in [0.15, 0.2) is 36.4 Å². The highest BCUT2D eigenvalue weighted by atomic mass is 35.5. The summed E-state index contributed by atoms with van der Waals surface area (Å²) in [5, 5.41) is 7.78. The zero-order valence-electron chi connectivity index (χ0n) is 11.1. The summed E-state index contributed by atoms with van der Waals surface area (Å²) in [5.74, 6) is 0. The summed E-state index contributed by atoms with van der Waals surface area (Å²) in [6, 6.07) is 11.3. The standard InChI is InChI=1S/C15H14Cl2N2S/c1-9-4-3-5-14(10(9)2)19-15(20)18-11-6-7-12(16)13(17)8-11/h3-8H,1-2H3,(H2,18,19,20). The fourth-order valence-electron chi connectivity index (χ4n) is 1.75. The van der Waals surface area contributed by atoms with Crippen molar-refractivity contribution in [1.29, 1.82) is 0 Å². The van der Waals surface area contributed by atoms with Gasteiger partial charge in [0.05, 0.1) is 10.0 Å². The maximum atomic E-state index is 5.97. The molecule has 2 aromatic carbocycles. The van der Waals surface area contributed by atoms with Gasteiger partial charge in [0.15, 0.2) is 5.11 Å². The van der Waals surface area contributed by atoms with Crippen molar-refractivity contribution in [3.05, 3.63) is 57.6 Å². The number of aryl methyl sites for hydroxylation is 1. The number of nitrogens with one attached hydrogen (secondary N) is 2. The van der Waals surface area contributed by atoms with Crippen LogP contribution in [0.5, 0.6) is 0 Å². The van der Waals surface area contributed by atoms with Crippen LogP contribution in [0.3, 0.4) is 0 Å². The van der Waals surface area contributed by atoms with Gasteiger partial charge in [-0.2, -0.15) is 0 Å². The van der Waals surface area contributed by atoms with Crippen molar-refractivity contribution < 1.29 is 0 Å². The Labute approximate surface area is 134 Å². The lowest BCUT2D eigenvalue weighted by Crippen LogP contribution is -2.19. The third-order valence-electron chi connectivity index (χ3n) is 3.03. The summed E-state index contributed by atoms with van der Waals surface area (Å²) >= 11 is 17.1. The zero-order chi connectivity index (χ0) is 14.7. The maximum Gasteiger partial charge on any atom is 0.175 e. The molecule has 0 spiro atoms. The average Bonchev–Trinajstić information content (AvgIpc) is 2.39. The lowest BCUT2D eigenvalue weighted by Gasteiger charge is -2.14. The van der Waals surface area contributed by atoms with Gasteiger partial charge < -0.3 is 10.6 Å². The SMILES string of the molecule is Cc1cccc(NC(=S)Nc2ccc(Cl)c(Cl)c2)c1C. The Hall–Kier alpha value is -1.29. The van der Waals surface area contributed by atoms with Crippen LogP contribution in [0.2, 0.25) is 10.0 Å². The maximum absolute atomic E-state index is 5.97. The molecule has 0 atom stereocenters. The Kier molecular flexibility index (Phi) is 4.86. The van der Waals surface area contributed by atoms with Crippen LogP contribution < -0.4 is 10.6 Å². The van der Waals surface area contributed by atoms with Gasteiger partial charge in [0.25, 0.3) is 0 Å². The minimum Gasteiger partial charge on any atom is -0.332 e. The molecule has 0 saturated carbocycles. The third kappa shape index (κ3) is 3.63. The first kappa shape index (κ1) is 15.1. The van der Waals surface area contributed by atoms with Crippen LogP contribution in [-0.2, 0) is 0 Å². The summed E-state index contributed by atoms with van der Waals surface area (Å²) in [4.78, 5) is 0. The summed E-state index contributed by atoms with van der Waals surface area (Å²) in [5.41, 5.74) is 4.17. The molecule has 2 rings (SSSR count). The molecule has 104 valence electrons. The van der Waals surface area contributed by atoms with Crippen LogP contribution >= 0.6 is 35.4 Å². The molecule has 0 saturated heterocycles. The summed E-state index contributed by atoms with van der Waals surface area (Å²) in [6.45, 7) is 4.12. The highest BCUT2D eigenvalue weighted by Crippen LogP contribution is 2.25. The first-order chi connectivity index (χ1) is 9.47. The van der Waals surface area contributed by atoms with Gasteiger partial charge in [-0.3, -0.25) is 0 Å². The van der Waals surface area contributed by atoms with Crippen molar-refractivity contribution in [3.8, 4) is 0 Å². The van der Waals surface area contributed by atoms with Gasteiger partial charge in [-0.1, -0.05) is 35.3 Å². The van der Waals surface area contributed by atoms with Crippen molar-refractivity contribution >= 4 is 51.9 Å². The average molecular weight is 325 g/mol. The monoisotopic (exact) mass is 324 g/mol. The van der Waals surface area contributed by atoms with E-state index in [-0.39, 0.29) is 0 Å². The molecule has 0 aliphatic heterocycles.